The summed E-state index contributed by atoms with van der Waals surface area (Å²) in [5.41, 5.74) is 1.12. The number of benzene rings is 2. The van der Waals surface area contributed by atoms with Crippen molar-refractivity contribution in [1.29, 1.82) is 0 Å². The van der Waals surface area contributed by atoms with Gasteiger partial charge in [-0.2, -0.15) is 0 Å². The Kier molecular flexibility index (Phi) is 6.92. The molecule has 166 valence electrons. The van der Waals surface area contributed by atoms with Gasteiger partial charge in [-0.3, -0.25) is 4.79 Å². The number of likely N-dealkylation sites (tertiary alicyclic amines) is 1. The van der Waals surface area contributed by atoms with Gasteiger partial charge in [0.05, 0.1) is 19.6 Å². The predicted molar refractivity (Wildman–Crippen MR) is 113 cm³/mol. The summed E-state index contributed by atoms with van der Waals surface area (Å²) >= 11 is 0. The minimum absolute atomic E-state index is 0.170. The maximum Gasteiger partial charge on any atom is 0.307 e. The summed E-state index contributed by atoms with van der Waals surface area (Å²) in [5, 5.41) is 0. The van der Waals surface area contributed by atoms with E-state index in [2.05, 4.69) is 4.90 Å². The lowest BCUT2D eigenvalue weighted by molar-refractivity contribution is -0.143. The normalized spacial score (nSPS) is 20.5. The molecule has 0 amide bonds. The van der Waals surface area contributed by atoms with Crippen LogP contribution < -0.4 is 14.2 Å². The summed E-state index contributed by atoms with van der Waals surface area (Å²) in [6.07, 6.45) is 1.30. The van der Waals surface area contributed by atoms with Gasteiger partial charge in [0.1, 0.15) is 11.6 Å². The molecule has 0 radical (unpaired) electrons. The van der Waals surface area contributed by atoms with E-state index in [9.17, 15) is 9.18 Å². The van der Waals surface area contributed by atoms with Crippen molar-refractivity contribution in [3.63, 3.8) is 0 Å². The molecule has 2 atom stereocenters. The number of hydrogen-bond donors (Lipinski definition) is 0. The van der Waals surface area contributed by atoms with Gasteiger partial charge in [0, 0.05) is 25.1 Å². The molecular formula is C24H28FNO5. The van der Waals surface area contributed by atoms with Crippen molar-refractivity contribution >= 4 is 5.97 Å². The van der Waals surface area contributed by atoms with Crippen molar-refractivity contribution in [3.05, 3.63) is 53.8 Å². The molecule has 4 rings (SSSR count). The van der Waals surface area contributed by atoms with Gasteiger partial charge in [0.2, 0.25) is 6.79 Å². The van der Waals surface area contributed by atoms with Crippen molar-refractivity contribution in [3.8, 4) is 17.2 Å². The molecule has 7 heteroatoms. The van der Waals surface area contributed by atoms with Crippen molar-refractivity contribution in [2.45, 2.75) is 25.7 Å². The number of fused-ring (bicyclic) bond motifs is 1. The number of hydrogen-bond acceptors (Lipinski definition) is 6. The van der Waals surface area contributed by atoms with Gasteiger partial charge in [-0.15, -0.1) is 0 Å². The van der Waals surface area contributed by atoms with Crippen molar-refractivity contribution in [1.82, 2.24) is 4.90 Å². The van der Waals surface area contributed by atoms with Crippen LogP contribution in [0, 0.1) is 11.7 Å². The average Bonchev–Trinajstić information content (AvgIpc) is 3.25. The molecule has 6 nitrogen and oxygen atoms in total. The third-order valence-corrected chi connectivity index (χ3v) is 5.86. The highest BCUT2D eigenvalue weighted by atomic mass is 19.1. The maximum absolute atomic E-state index is 13.4. The van der Waals surface area contributed by atoms with Gasteiger partial charge < -0.3 is 23.8 Å². The minimum atomic E-state index is -0.233. The van der Waals surface area contributed by atoms with Gasteiger partial charge >= 0.3 is 5.97 Å². The van der Waals surface area contributed by atoms with Crippen LogP contribution in [0.2, 0.25) is 0 Å². The maximum atomic E-state index is 13.4. The van der Waals surface area contributed by atoms with Crippen LogP contribution in [0.3, 0.4) is 0 Å². The van der Waals surface area contributed by atoms with Crippen molar-refractivity contribution < 1.29 is 28.1 Å². The highest BCUT2D eigenvalue weighted by Crippen LogP contribution is 2.37. The summed E-state index contributed by atoms with van der Waals surface area (Å²) in [5.74, 6) is 2.19. The van der Waals surface area contributed by atoms with Gasteiger partial charge in [-0.25, -0.2) is 4.39 Å². The smallest absolute Gasteiger partial charge is 0.307 e. The molecular weight excluding hydrogens is 401 g/mol. The van der Waals surface area contributed by atoms with Crippen LogP contribution in [0.15, 0.2) is 42.5 Å². The van der Waals surface area contributed by atoms with Crippen LogP contribution in [0.4, 0.5) is 4.39 Å². The second-order valence-electron chi connectivity index (χ2n) is 7.89. The van der Waals surface area contributed by atoms with Crippen LogP contribution in [0.25, 0.3) is 0 Å². The van der Waals surface area contributed by atoms with Crippen molar-refractivity contribution in [2.24, 2.45) is 5.92 Å². The van der Waals surface area contributed by atoms with E-state index in [1.807, 2.05) is 37.3 Å². The van der Waals surface area contributed by atoms with Gasteiger partial charge in [-0.05, 0) is 55.6 Å². The van der Waals surface area contributed by atoms with E-state index >= 15 is 0 Å². The van der Waals surface area contributed by atoms with Crippen LogP contribution in [-0.2, 0) is 9.53 Å². The molecule has 31 heavy (non-hydrogen) atoms. The number of nitrogens with zero attached hydrogens (tertiary/aromatic N) is 1. The van der Waals surface area contributed by atoms with E-state index in [4.69, 9.17) is 18.9 Å². The Balaban J connectivity index is 1.43. The fourth-order valence-corrected chi connectivity index (χ4v) is 4.28. The quantitative estimate of drug-likeness (QED) is 0.592. The molecule has 2 aliphatic heterocycles. The topological polar surface area (TPSA) is 57.2 Å². The van der Waals surface area contributed by atoms with Crippen molar-refractivity contribution in [2.75, 3.05) is 39.6 Å². The lowest BCUT2D eigenvalue weighted by Crippen LogP contribution is -2.42. The summed E-state index contributed by atoms with van der Waals surface area (Å²) in [4.78, 5) is 14.0. The summed E-state index contributed by atoms with van der Waals surface area (Å²) in [7, 11) is 0. The molecule has 0 unspecified atom stereocenters. The molecule has 2 heterocycles. The second kappa shape index (κ2) is 10.0. The number of ether oxygens (including phenoxy) is 4. The fraction of sp³-hybridized carbons (Fsp3) is 0.458. The third-order valence-electron chi connectivity index (χ3n) is 5.86. The minimum Gasteiger partial charge on any atom is -0.493 e. The molecule has 0 aliphatic carbocycles. The van der Waals surface area contributed by atoms with E-state index < -0.39 is 0 Å². The second-order valence-corrected chi connectivity index (χ2v) is 7.89. The summed E-state index contributed by atoms with van der Waals surface area (Å²) in [6, 6.07) is 12.3. The lowest BCUT2D eigenvalue weighted by atomic mass is 9.80. The Morgan fingerprint density at radius 1 is 1.16 bits per heavy atom. The average molecular weight is 429 g/mol. The lowest BCUT2D eigenvalue weighted by Gasteiger charge is -2.38. The van der Waals surface area contributed by atoms with Gasteiger partial charge in [0.25, 0.3) is 0 Å². The molecule has 0 N–H and O–H groups in total. The van der Waals surface area contributed by atoms with Gasteiger partial charge in [0.15, 0.2) is 11.5 Å². The molecule has 0 spiro atoms. The summed E-state index contributed by atoms with van der Waals surface area (Å²) < 4.78 is 35.4. The molecule has 0 saturated carbocycles. The third kappa shape index (κ3) is 5.47. The standard InChI is InChI=1S/C24H28FNO5/c1-2-28-24(27)10-12-26-11-9-21(17-3-5-19(25)6-4-17)18(14-26)15-29-20-7-8-22-23(13-20)31-16-30-22/h3-8,13,18,21H,2,9-12,14-16H2,1H3/t18-,21-/m0/s1. The zero-order valence-corrected chi connectivity index (χ0v) is 17.7. The first kappa shape index (κ1) is 21.4. The predicted octanol–water partition coefficient (Wildman–Crippen LogP) is 3.99. The number of halogens is 1. The first-order chi connectivity index (χ1) is 15.1. The zero-order chi connectivity index (χ0) is 21.6. The Bertz CT molecular complexity index is 888. The first-order valence-corrected chi connectivity index (χ1v) is 10.8. The van der Waals surface area contributed by atoms with E-state index in [0.717, 1.165) is 36.6 Å². The molecule has 2 aromatic rings. The molecule has 0 bridgehead atoms. The highest BCUT2D eigenvalue weighted by Gasteiger charge is 2.31. The Morgan fingerprint density at radius 2 is 1.97 bits per heavy atom. The zero-order valence-electron chi connectivity index (χ0n) is 17.7. The number of piperidine rings is 1. The molecule has 0 aromatic heterocycles. The van der Waals surface area contributed by atoms with E-state index in [0.29, 0.717) is 31.9 Å². The van der Waals surface area contributed by atoms with Crippen LogP contribution in [-0.4, -0.2) is 50.5 Å². The number of esters is 1. The molecule has 2 aliphatic rings. The highest BCUT2D eigenvalue weighted by molar-refractivity contribution is 5.69. The van der Waals surface area contributed by atoms with E-state index in [-0.39, 0.29) is 30.4 Å². The Morgan fingerprint density at radius 3 is 2.77 bits per heavy atom. The molecule has 1 fully saturated rings. The fourth-order valence-electron chi connectivity index (χ4n) is 4.28. The molecule has 2 aromatic carbocycles. The SMILES string of the molecule is CCOC(=O)CCN1CC[C@@H](c2ccc(F)cc2)[C@H](COc2ccc3c(c2)OCO3)C1. The van der Waals surface area contributed by atoms with E-state index in [1.165, 1.54) is 12.1 Å². The van der Waals surface area contributed by atoms with Crippen LogP contribution in [0.5, 0.6) is 17.2 Å². The van der Waals surface area contributed by atoms with E-state index in [1.54, 1.807) is 0 Å². The Labute approximate surface area is 181 Å². The van der Waals surface area contributed by atoms with Gasteiger partial charge in [-0.1, -0.05) is 12.1 Å². The monoisotopic (exact) mass is 429 g/mol. The first-order valence-electron chi connectivity index (χ1n) is 10.8. The number of carbonyl (C=O) groups excluding carboxylic acids is 1. The Hall–Kier alpha value is -2.80. The molecule has 1 saturated heterocycles. The number of carbonyl (C=O) groups is 1. The number of rotatable bonds is 8. The summed E-state index contributed by atoms with van der Waals surface area (Å²) in [6.45, 7) is 5.29. The van der Waals surface area contributed by atoms with Crippen LogP contribution >= 0.6 is 0 Å². The largest absolute Gasteiger partial charge is 0.493 e. The van der Waals surface area contributed by atoms with Crippen LogP contribution in [0.1, 0.15) is 31.2 Å².